The fraction of sp³-hybridized carbons (Fsp3) is 0.0870. The van der Waals surface area contributed by atoms with Gasteiger partial charge in [0.15, 0.2) is 0 Å². The van der Waals surface area contributed by atoms with E-state index in [1.54, 1.807) is 6.08 Å². The molecule has 1 aliphatic rings. The summed E-state index contributed by atoms with van der Waals surface area (Å²) in [7, 11) is 0. The molecule has 3 aromatic carbocycles. The zero-order valence-electron chi connectivity index (χ0n) is 15.8. The first-order valence-corrected chi connectivity index (χ1v) is 10.4. The minimum absolute atomic E-state index is 0.253. The molecule has 4 rings (SSSR count). The van der Waals surface area contributed by atoms with E-state index in [1.807, 2.05) is 42.5 Å². The Balaban J connectivity index is 1.44. The lowest BCUT2D eigenvalue weighted by Crippen LogP contribution is -2.33. The number of hydrogen-bond donors (Lipinski definition) is 1. The van der Waals surface area contributed by atoms with Crippen LogP contribution in [0.1, 0.15) is 11.1 Å². The Kier molecular flexibility index (Phi) is 5.83. The molecule has 3 aromatic rings. The molecule has 0 aromatic heterocycles. The molecule has 0 saturated carbocycles. The van der Waals surface area contributed by atoms with Crippen molar-refractivity contribution in [2.75, 3.05) is 6.54 Å². The zero-order chi connectivity index (χ0) is 21.1. The van der Waals surface area contributed by atoms with E-state index in [0.717, 1.165) is 33.5 Å². The second-order valence-electron chi connectivity index (χ2n) is 6.66. The molecule has 0 unspecified atom stereocenters. The van der Waals surface area contributed by atoms with Crippen molar-refractivity contribution in [3.05, 3.63) is 82.8 Å². The number of hydrogen-bond acceptors (Lipinski definition) is 5. The summed E-state index contributed by atoms with van der Waals surface area (Å²) in [4.78, 5) is 24.7. The average Bonchev–Trinajstić information content (AvgIpc) is 3.00. The van der Waals surface area contributed by atoms with Gasteiger partial charge in [-0.1, -0.05) is 78.6 Å². The molecule has 1 amide bonds. The summed E-state index contributed by atoms with van der Waals surface area (Å²) >= 11 is 6.21. The maximum atomic E-state index is 12.4. The topological polar surface area (TPSA) is 66.8 Å². The highest BCUT2D eigenvalue weighted by molar-refractivity contribution is 8.26. The lowest BCUT2D eigenvalue weighted by atomic mass is 10.1. The Morgan fingerprint density at radius 2 is 1.80 bits per heavy atom. The molecule has 7 heteroatoms. The van der Waals surface area contributed by atoms with Crippen molar-refractivity contribution in [2.24, 2.45) is 0 Å². The number of nitrogens with zero attached hydrogens (tertiary/aromatic N) is 1. The number of benzene rings is 3. The van der Waals surface area contributed by atoms with E-state index in [0.29, 0.717) is 11.5 Å². The Hall–Kier alpha value is -3.16. The number of carbonyl (C=O) groups is 2. The van der Waals surface area contributed by atoms with Crippen LogP contribution in [0.15, 0.2) is 71.6 Å². The van der Waals surface area contributed by atoms with Crippen molar-refractivity contribution in [3.63, 3.8) is 0 Å². The summed E-state index contributed by atoms with van der Waals surface area (Å²) in [5.41, 5.74) is 1.92. The van der Waals surface area contributed by atoms with Crippen LogP contribution in [0.4, 0.5) is 0 Å². The van der Waals surface area contributed by atoms with Crippen LogP contribution in [0.2, 0.25) is 0 Å². The van der Waals surface area contributed by atoms with Gasteiger partial charge in [-0.05, 0) is 40.1 Å². The zero-order valence-corrected chi connectivity index (χ0v) is 17.4. The molecule has 0 aliphatic carbocycles. The predicted molar refractivity (Wildman–Crippen MR) is 122 cm³/mol. The number of amides is 1. The highest BCUT2D eigenvalue weighted by Gasteiger charge is 2.33. The third kappa shape index (κ3) is 4.37. The lowest BCUT2D eigenvalue weighted by molar-refractivity contribution is -0.140. The van der Waals surface area contributed by atoms with Gasteiger partial charge in [-0.3, -0.25) is 14.5 Å². The molecule has 1 aliphatic heterocycles. The minimum atomic E-state index is -1.10. The van der Waals surface area contributed by atoms with Crippen molar-refractivity contribution >= 4 is 57.0 Å². The summed E-state index contributed by atoms with van der Waals surface area (Å²) in [5.74, 6) is -0.762. The van der Waals surface area contributed by atoms with Gasteiger partial charge in [-0.25, -0.2) is 0 Å². The first-order valence-electron chi connectivity index (χ1n) is 9.18. The van der Waals surface area contributed by atoms with Gasteiger partial charge in [0, 0.05) is 0 Å². The number of rotatable bonds is 6. The van der Waals surface area contributed by atoms with Crippen LogP contribution < -0.4 is 4.74 Å². The van der Waals surface area contributed by atoms with Gasteiger partial charge in [0.2, 0.25) is 0 Å². The highest BCUT2D eigenvalue weighted by Crippen LogP contribution is 2.32. The van der Waals surface area contributed by atoms with Crippen LogP contribution >= 0.6 is 24.0 Å². The van der Waals surface area contributed by atoms with Gasteiger partial charge in [0.1, 0.15) is 23.2 Å². The summed E-state index contributed by atoms with van der Waals surface area (Å²) in [6.07, 6.45) is 1.70. The number of carbonyl (C=O) groups excluding carboxylic acids is 1. The van der Waals surface area contributed by atoms with Crippen LogP contribution in [0.3, 0.4) is 0 Å². The van der Waals surface area contributed by atoms with E-state index in [2.05, 4.69) is 24.3 Å². The quantitative estimate of drug-likeness (QED) is 0.447. The number of carboxylic acids is 1. The maximum Gasteiger partial charge on any atom is 0.323 e. The molecule has 1 saturated heterocycles. The summed E-state index contributed by atoms with van der Waals surface area (Å²) in [6, 6.07) is 21.7. The minimum Gasteiger partial charge on any atom is -0.489 e. The summed E-state index contributed by atoms with van der Waals surface area (Å²) < 4.78 is 6.19. The highest BCUT2D eigenvalue weighted by atomic mass is 32.2. The average molecular weight is 436 g/mol. The largest absolute Gasteiger partial charge is 0.489 e. The van der Waals surface area contributed by atoms with E-state index < -0.39 is 12.5 Å². The van der Waals surface area contributed by atoms with Crippen molar-refractivity contribution in [2.45, 2.75) is 6.61 Å². The van der Waals surface area contributed by atoms with Crippen molar-refractivity contribution < 1.29 is 19.4 Å². The molecule has 0 spiro atoms. The fourth-order valence-corrected chi connectivity index (χ4v) is 4.42. The van der Waals surface area contributed by atoms with Gasteiger partial charge in [-0.15, -0.1) is 0 Å². The molecule has 0 atom stereocenters. The number of aliphatic carboxylic acids is 1. The second-order valence-corrected chi connectivity index (χ2v) is 8.33. The Morgan fingerprint density at radius 1 is 1.07 bits per heavy atom. The molecule has 1 heterocycles. The first-order chi connectivity index (χ1) is 14.5. The second kappa shape index (κ2) is 8.69. The summed E-state index contributed by atoms with van der Waals surface area (Å²) in [6.45, 7) is 0.0253. The first kappa shape index (κ1) is 20.1. The number of ether oxygens (including phenoxy) is 1. The molecule has 0 radical (unpaired) electrons. The van der Waals surface area contributed by atoms with Crippen molar-refractivity contribution in [3.8, 4) is 5.75 Å². The third-order valence-electron chi connectivity index (χ3n) is 4.62. The van der Waals surface area contributed by atoms with Crippen LogP contribution in [-0.4, -0.2) is 32.7 Å². The molecule has 30 heavy (non-hydrogen) atoms. The van der Waals surface area contributed by atoms with Crippen LogP contribution in [-0.2, 0) is 16.2 Å². The van der Waals surface area contributed by atoms with Crippen LogP contribution in [0, 0.1) is 0 Å². The fourth-order valence-electron chi connectivity index (χ4n) is 3.16. The molecule has 0 bridgehead atoms. The smallest absolute Gasteiger partial charge is 0.323 e. The van der Waals surface area contributed by atoms with Gasteiger partial charge in [0.05, 0.1) is 4.91 Å². The van der Waals surface area contributed by atoms with E-state index >= 15 is 0 Å². The van der Waals surface area contributed by atoms with Crippen LogP contribution in [0.25, 0.3) is 16.8 Å². The molecule has 1 fully saturated rings. The standard InChI is InChI=1S/C23H17NO4S2/c25-21(26)13-24-22(27)20(30-23(24)29)12-15-8-10-18(11-9-15)28-14-17-6-3-5-16-4-1-2-7-19(16)17/h1-12H,13-14H2,(H,25,26)/b20-12+. The van der Waals surface area contributed by atoms with Crippen LogP contribution in [0.5, 0.6) is 5.75 Å². The van der Waals surface area contributed by atoms with Crippen molar-refractivity contribution in [1.82, 2.24) is 4.90 Å². The van der Waals surface area contributed by atoms with Gasteiger partial charge in [-0.2, -0.15) is 0 Å². The SMILES string of the molecule is O=C(O)CN1C(=O)/C(=C\c2ccc(OCc3cccc4ccccc34)cc2)SC1=S. The maximum absolute atomic E-state index is 12.4. The monoisotopic (exact) mass is 435 g/mol. The normalized spacial score (nSPS) is 15.2. The molecule has 1 N–H and O–H groups in total. The van der Waals surface area contributed by atoms with Gasteiger partial charge in [0.25, 0.3) is 5.91 Å². The number of fused-ring (bicyclic) bond motifs is 1. The predicted octanol–water partition coefficient (Wildman–Crippen LogP) is 4.70. The van der Waals surface area contributed by atoms with E-state index in [-0.39, 0.29) is 10.2 Å². The van der Waals surface area contributed by atoms with E-state index in [9.17, 15) is 9.59 Å². The molecular formula is C23H17NO4S2. The lowest BCUT2D eigenvalue weighted by Gasteiger charge is -2.10. The Morgan fingerprint density at radius 3 is 2.57 bits per heavy atom. The number of thioether (sulfide) groups is 1. The molecule has 150 valence electrons. The van der Waals surface area contributed by atoms with Gasteiger partial charge >= 0.3 is 5.97 Å². The van der Waals surface area contributed by atoms with Gasteiger partial charge < -0.3 is 9.84 Å². The van der Waals surface area contributed by atoms with E-state index in [1.165, 1.54) is 10.8 Å². The van der Waals surface area contributed by atoms with Crippen molar-refractivity contribution in [1.29, 1.82) is 0 Å². The number of carboxylic acid groups (broad SMARTS) is 1. The molecule has 5 nitrogen and oxygen atoms in total. The Labute approximate surface area is 183 Å². The Bertz CT molecular complexity index is 1170. The third-order valence-corrected chi connectivity index (χ3v) is 6.00. The number of thiocarbonyl (C=S) groups is 1. The van der Waals surface area contributed by atoms with E-state index in [4.69, 9.17) is 22.1 Å². The molecular weight excluding hydrogens is 418 g/mol. The summed E-state index contributed by atoms with van der Waals surface area (Å²) in [5, 5.41) is 11.3.